The van der Waals surface area contributed by atoms with Crippen molar-refractivity contribution in [3.05, 3.63) is 11.6 Å². The number of unbranched alkanes of at least 4 members (excludes halogenated alkanes) is 7. The van der Waals surface area contributed by atoms with Gasteiger partial charge in [0.25, 0.3) is 0 Å². The number of alkyl halides is 1. The summed E-state index contributed by atoms with van der Waals surface area (Å²) in [5.74, 6) is -0.133. The lowest BCUT2D eigenvalue weighted by Gasteiger charge is -2.08. The highest BCUT2D eigenvalue weighted by molar-refractivity contribution is 9.09. The molecule has 1 atom stereocenters. The molecule has 0 aliphatic heterocycles. The molecule has 3 heteroatoms. The number of halogens is 1. The third-order valence-electron chi connectivity index (χ3n) is 4.27. The summed E-state index contributed by atoms with van der Waals surface area (Å²) in [4.78, 5) is 12.6. The Bertz CT molecular complexity index is 324. The molecule has 0 aliphatic rings. The van der Waals surface area contributed by atoms with E-state index < -0.39 is 0 Å². The summed E-state index contributed by atoms with van der Waals surface area (Å²) in [6.45, 7) is 7.18. The number of hydrogen-bond donors (Lipinski definition) is 0. The molecule has 142 valence electrons. The van der Waals surface area contributed by atoms with E-state index in [1.54, 1.807) is 6.08 Å². The molecule has 0 N–H and O–H groups in total. The van der Waals surface area contributed by atoms with Crippen molar-refractivity contribution in [3.63, 3.8) is 0 Å². The van der Waals surface area contributed by atoms with Gasteiger partial charge >= 0.3 is 5.97 Å². The van der Waals surface area contributed by atoms with Gasteiger partial charge in [-0.25, -0.2) is 4.79 Å². The second-order valence-corrected chi connectivity index (χ2v) is 8.43. The molecule has 2 nitrogen and oxygen atoms in total. The number of ether oxygens (including phenoxy) is 1. The van der Waals surface area contributed by atoms with Crippen molar-refractivity contribution in [1.82, 2.24) is 0 Å². The molecule has 0 spiro atoms. The van der Waals surface area contributed by atoms with Crippen LogP contribution < -0.4 is 0 Å². The zero-order valence-electron chi connectivity index (χ0n) is 16.2. The van der Waals surface area contributed by atoms with Crippen LogP contribution in [0.15, 0.2) is 11.6 Å². The number of rotatable bonds is 16. The van der Waals surface area contributed by atoms with Crippen molar-refractivity contribution in [2.45, 2.75) is 109 Å². The lowest BCUT2D eigenvalue weighted by Crippen LogP contribution is -2.04. The molecule has 0 heterocycles. The molecule has 0 radical (unpaired) electrons. The molecule has 0 saturated heterocycles. The number of carbonyl (C=O) groups excluding carboxylic acids is 1. The topological polar surface area (TPSA) is 26.3 Å². The second kappa shape index (κ2) is 17.5. The Morgan fingerprint density at radius 2 is 1.50 bits per heavy atom. The van der Waals surface area contributed by atoms with Crippen LogP contribution in [0.3, 0.4) is 0 Å². The largest absolute Gasteiger partial charge is 0.463 e. The average Bonchev–Trinajstić information content (AvgIpc) is 2.54. The van der Waals surface area contributed by atoms with E-state index in [9.17, 15) is 4.79 Å². The third kappa shape index (κ3) is 16.5. The van der Waals surface area contributed by atoms with Crippen molar-refractivity contribution in [3.8, 4) is 0 Å². The third-order valence-corrected chi connectivity index (χ3v) is 4.72. The molecule has 24 heavy (non-hydrogen) atoms. The molecule has 0 saturated carbocycles. The van der Waals surface area contributed by atoms with Crippen LogP contribution in [-0.2, 0) is 9.53 Å². The van der Waals surface area contributed by atoms with E-state index in [4.69, 9.17) is 4.74 Å². The molecule has 0 aromatic rings. The normalized spacial score (nSPS) is 13.1. The number of esters is 1. The Labute approximate surface area is 158 Å². The maximum absolute atomic E-state index is 12.0. The Balaban J connectivity index is 4.04. The number of carbonyl (C=O) groups is 1. The van der Waals surface area contributed by atoms with Gasteiger partial charge in [-0.05, 0) is 38.5 Å². The van der Waals surface area contributed by atoms with Crippen molar-refractivity contribution in [1.29, 1.82) is 0 Å². The SMILES string of the molecule is CCCCCC/C(=C/C(=O)OCCCCCC(C)Br)CCCCC. The minimum absolute atomic E-state index is 0.133. The van der Waals surface area contributed by atoms with E-state index >= 15 is 0 Å². The molecule has 0 aliphatic carbocycles. The van der Waals surface area contributed by atoms with Gasteiger partial charge in [0.05, 0.1) is 6.61 Å². The first-order valence-corrected chi connectivity index (χ1v) is 11.0. The van der Waals surface area contributed by atoms with Gasteiger partial charge in [-0.1, -0.05) is 87.2 Å². The van der Waals surface area contributed by atoms with Gasteiger partial charge in [-0.2, -0.15) is 0 Å². The van der Waals surface area contributed by atoms with Crippen LogP contribution >= 0.6 is 15.9 Å². The van der Waals surface area contributed by atoms with Crippen molar-refractivity contribution < 1.29 is 9.53 Å². The first-order chi connectivity index (χ1) is 11.6. The van der Waals surface area contributed by atoms with Crippen LogP contribution in [0.5, 0.6) is 0 Å². The van der Waals surface area contributed by atoms with Gasteiger partial charge in [-0.15, -0.1) is 0 Å². The summed E-state index contributed by atoms with van der Waals surface area (Å²) < 4.78 is 5.39. The summed E-state index contributed by atoms with van der Waals surface area (Å²) in [6, 6.07) is 0. The summed E-state index contributed by atoms with van der Waals surface area (Å²) >= 11 is 3.56. The van der Waals surface area contributed by atoms with Gasteiger partial charge in [0.15, 0.2) is 0 Å². The zero-order chi connectivity index (χ0) is 18.0. The van der Waals surface area contributed by atoms with Gasteiger partial charge < -0.3 is 4.74 Å². The first kappa shape index (κ1) is 23.7. The van der Waals surface area contributed by atoms with Crippen LogP contribution in [0.4, 0.5) is 0 Å². The maximum atomic E-state index is 12.0. The Morgan fingerprint density at radius 3 is 2.12 bits per heavy atom. The summed E-state index contributed by atoms with van der Waals surface area (Å²) in [5.41, 5.74) is 1.29. The fourth-order valence-electron chi connectivity index (χ4n) is 2.74. The van der Waals surface area contributed by atoms with Crippen LogP contribution in [0.1, 0.15) is 104 Å². The smallest absolute Gasteiger partial charge is 0.330 e. The fraction of sp³-hybridized carbons (Fsp3) is 0.857. The number of hydrogen-bond acceptors (Lipinski definition) is 2. The van der Waals surface area contributed by atoms with Crippen molar-refractivity contribution in [2.75, 3.05) is 6.61 Å². The van der Waals surface area contributed by atoms with Gasteiger partial charge in [0, 0.05) is 10.9 Å². The quantitative estimate of drug-likeness (QED) is 0.117. The Hall–Kier alpha value is -0.310. The molecule has 1 unspecified atom stereocenters. The van der Waals surface area contributed by atoms with E-state index in [0.717, 1.165) is 25.7 Å². The van der Waals surface area contributed by atoms with E-state index in [1.165, 1.54) is 63.4 Å². The Kier molecular flexibility index (Phi) is 17.3. The summed E-state index contributed by atoms with van der Waals surface area (Å²) in [5, 5.41) is 0. The van der Waals surface area contributed by atoms with Gasteiger partial charge in [-0.3, -0.25) is 0 Å². The molecule has 0 bridgehead atoms. The maximum Gasteiger partial charge on any atom is 0.330 e. The first-order valence-electron chi connectivity index (χ1n) is 10.1. The van der Waals surface area contributed by atoms with E-state index in [0.29, 0.717) is 11.4 Å². The highest BCUT2D eigenvalue weighted by atomic mass is 79.9. The standard InChI is InChI=1S/C21H39BrO2/c1-4-6-8-12-16-20(15-10-7-5-2)18-21(23)24-17-13-9-11-14-19(3)22/h18-19H,4-17H2,1-3H3/b20-18+. The highest BCUT2D eigenvalue weighted by Gasteiger charge is 2.04. The number of allylic oxidation sites excluding steroid dienone is 1. The predicted molar refractivity (Wildman–Crippen MR) is 109 cm³/mol. The summed E-state index contributed by atoms with van der Waals surface area (Å²) in [6.07, 6.45) is 17.0. The van der Waals surface area contributed by atoms with E-state index in [-0.39, 0.29) is 5.97 Å². The molecule has 0 aromatic heterocycles. The molecule has 0 rings (SSSR count). The molecule has 0 fully saturated rings. The molecular formula is C21H39BrO2. The Morgan fingerprint density at radius 1 is 0.917 bits per heavy atom. The van der Waals surface area contributed by atoms with Crippen LogP contribution in [0.25, 0.3) is 0 Å². The van der Waals surface area contributed by atoms with Crippen LogP contribution in [0.2, 0.25) is 0 Å². The molecular weight excluding hydrogens is 364 g/mol. The van der Waals surface area contributed by atoms with Gasteiger partial charge in [0.2, 0.25) is 0 Å². The van der Waals surface area contributed by atoms with Crippen molar-refractivity contribution in [2.24, 2.45) is 0 Å². The molecule has 0 aromatic carbocycles. The van der Waals surface area contributed by atoms with Gasteiger partial charge in [0.1, 0.15) is 0 Å². The minimum atomic E-state index is -0.133. The second-order valence-electron chi connectivity index (χ2n) is 6.87. The zero-order valence-corrected chi connectivity index (χ0v) is 17.8. The van der Waals surface area contributed by atoms with E-state index in [2.05, 4.69) is 36.7 Å². The van der Waals surface area contributed by atoms with Crippen LogP contribution in [-0.4, -0.2) is 17.4 Å². The fourth-order valence-corrected chi connectivity index (χ4v) is 3.06. The summed E-state index contributed by atoms with van der Waals surface area (Å²) in [7, 11) is 0. The van der Waals surface area contributed by atoms with E-state index in [1.807, 2.05) is 0 Å². The lowest BCUT2D eigenvalue weighted by molar-refractivity contribution is -0.137. The minimum Gasteiger partial charge on any atom is -0.463 e. The average molecular weight is 403 g/mol. The van der Waals surface area contributed by atoms with Crippen molar-refractivity contribution >= 4 is 21.9 Å². The van der Waals surface area contributed by atoms with Crippen LogP contribution in [0, 0.1) is 0 Å². The molecule has 0 amide bonds. The monoisotopic (exact) mass is 402 g/mol. The highest BCUT2D eigenvalue weighted by Crippen LogP contribution is 2.17. The predicted octanol–water partition coefficient (Wildman–Crippen LogP) is 7.35. The lowest BCUT2D eigenvalue weighted by atomic mass is 10.0.